The van der Waals surface area contributed by atoms with Gasteiger partial charge >= 0.3 is 0 Å². The summed E-state index contributed by atoms with van der Waals surface area (Å²) in [6, 6.07) is 17.2. The van der Waals surface area contributed by atoms with E-state index in [1.54, 1.807) is 18.2 Å². The molecule has 0 N–H and O–H groups in total. The molecule has 154 valence electrons. The second-order valence-electron chi connectivity index (χ2n) is 8.06. The third kappa shape index (κ3) is 5.45. The first-order chi connectivity index (χ1) is 13.9. The van der Waals surface area contributed by atoms with E-state index in [4.69, 9.17) is 9.47 Å². The lowest BCUT2D eigenvalue weighted by Crippen LogP contribution is -2.56. The fourth-order valence-electron chi connectivity index (χ4n) is 3.51. The Kier molecular flexibility index (Phi) is 6.70. The molecule has 1 unspecified atom stereocenters. The van der Waals surface area contributed by atoms with Crippen LogP contribution >= 0.6 is 0 Å². The Morgan fingerprint density at radius 2 is 1.90 bits per heavy atom. The molecule has 1 heterocycles. The van der Waals surface area contributed by atoms with Gasteiger partial charge in [-0.25, -0.2) is 0 Å². The van der Waals surface area contributed by atoms with E-state index in [1.165, 1.54) is 6.92 Å². The lowest BCUT2D eigenvalue weighted by Gasteiger charge is -2.45. The minimum absolute atomic E-state index is 0.00754. The Morgan fingerprint density at radius 3 is 2.62 bits per heavy atom. The smallest absolute Gasteiger partial charge is 0.223 e. The van der Waals surface area contributed by atoms with Gasteiger partial charge in [0, 0.05) is 12.0 Å². The fourth-order valence-corrected chi connectivity index (χ4v) is 3.51. The van der Waals surface area contributed by atoms with E-state index in [0.29, 0.717) is 43.9 Å². The number of morpholine rings is 1. The normalized spacial score (nSPS) is 18.3. The number of nitrogens with zero attached hydrogens (tertiary/aromatic N) is 1. The number of ketones is 1. The first-order valence-electron chi connectivity index (χ1n) is 10.1. The minimum Gasteiger partial charge on any atom is -0.494 e. The van der Waals surface area contributed by atoms with Crippen LogP contribution in [0.3, 0.4) is 0 Å². The highest BCUT2D eigenvalue weighted by atomic mass is 16.5. The molecule has 3 rings (SSSR count). The van der Waals surface area contributed by atoms with Crippen LogP contribution in [-0.2, 0) is 9.53 Å². The molecule has 0 aliphatic carbocycles. The van der Waals surface area contributed by atoms with Gasteiger partial charge in [0.1, 0.15) is 11.9 Å². The first kappa shape index (κ1) is 21.1. The SMILES string of the molecule is CC(=O)c1cccc(OCCCC(=O)N2CC(c3ccccc3)OCC2(C)C)c1. The van der Waals surface area contributed by atoms with Gasteiger partial charge in [-0.2, -0.15) is 0 Å². The molecule has 1 atom stereocenters. The third-order valence-corrected chi connectivity index (χ3v) is 5.23. The second-order valence-corrected chi connectivity index (χ2v) is 8.06. The van der Waals surface area contributed by atoms with E-state index in [1.807, 2.05) is 55.1 Å². The highest BCUT2D eigenvalue weighted by Gasteiger charge is 2.38. The monoisotopic (exact) mass is 395 g/mol. The zero-order valence-corrected chi connectivity index (χ0v) is 17.4. The number of carbonyl (C=O) groups excluding carboxylic acids is 2. The molecule has 1 aliphatic heterocycles. The molecule has 1 fully saturated rings. The summed E-state index contributed by atoms with van der Waals surface area (Å²) in [5, 5.41) is 0. The highest BCUT2D eigenvalue weighted by Crippen LogP contribution is 2.30. The zero-order valence-electron chi connectivity index (χ0n) is 17.4. The summed E-state index contributed by atoms with van der Waals surface area (Å²) >= 11 is 0. The largest absolute Gasteiger partial charge is 0.494 e. The molecule has 0 spiro atoms. The number of benzene rings is 2. The molecule has 0 radical (unpaired) electrons. The molecule has 0 bridgehead atoms. The third-order valence-electron chi connectivity index (χ3n) is 5.23. The van der Waals surface area contributed by atoms with E-state index in [0.717, 1.165) is 5.56 Å². The number of Topliss-reactive ketones (excluding diaryl/α,β-unsaturated/α-hetero) is 1. The Morgan fingerprint density at radius 1 is 1.14 bits per heavy atom. The number of hydrogen-bond acceptors (Lipinski definition) is 4. The van der Waals surface area contributed by atoms with Crippen molar-refractivity contribution >= 4 is 11.7 Å². The molecule has 0 aromatic heterocycles. The van der Waals surface area contributed by atoms with Gasteiger partial charge < -0.3 is 14.4 Å². The van der Waals surface area contributed by atoms with Gasteiger partial charge in [-0.05, 0) is 44.9 Å². The molecule has 1 aliphatic rings. The Labute approximate surface area is 172 Å². The van der Waals surface area contributed by atoms with Crippen LogP contribution in [0.4, 0.5) is 0 Å². The molecule has 0 saturated carbocycles. The summed E-state index contributed by atoms with van der Waals surface area (Å²) in [5.41, 5.74) is 1.38. The van der Waals surface area contributed by atoms with Crippen LogP contribution in [0, 0.1) is 0 Å². The van der Waals surface area contributed by atoms with Gasteiger partial charge in [0.15, 0.2) is 5.78 Å². The Bertz CT molecular complexity index is 847. The maximum Gasteiger partial charge on any atom is 0.223 e. The molecular weight excluding hydrogens is 366 g/mol. The summed E-state index contributed by atoms with van der Waals surface area (Å²) in [6.45, 7) is 7.10. The summed E-state index contributed by atoms with van der Waals surface area (Å²) in [6.07, 6.45) is 0.933. The van der Waals surface area contributed by atoms with Crippen LogP contribution in [-0.4, -0.2) is 41.9 Å². The van der Waals surface area contributed by atoms with Crippen molar-refractivity contribution < 1.29 is 19.1 Å². The zero-order chi connectivity index (χ0) is 20.9. The van der Waals surface area contributed by atoms with Gasteiger partial charge in [0.25, 0.3) is 0 Å². The van der Waals surface area contributed by atoms with Gasteiger partial charge in [0.2, 0.25) is 5.91 Å². The molecule has 5 heteroatoms. The van der Waals surface area contributed by atoms with Crippen molar-refractivity contribution in [3.63, 3.8) is 0 Å². The molecule has 1 saturated heterocycles. The van der Waals surface area contributed by atoms with Crippen LogP contribution in [0.1, 0.15) is 55.6 Å². The Balaban J connectivity index is 1.53. The lowest BCUT2D eigenvalue weighted by molar-refractivity contribution is -0.155. The standard InChI is InChI=1S/C24H29NO4/c1-18(26)20-11-7-12-21(15-20)28-14-8-13-23(27)25-16-22(29-17-24(25,2)3)19-9-5-4-6-10-19/h4-7,9-12,15,22H,8,13-14,16-17H2,1-3H3. The number of rotatable bonds is 7. The lowest BCUT2D eigenvalue weighted by atomic mass is 9.97. The number of hydrogen-bond donors (Lipinski definition) is 0. The number of amides is 1. The van der Waals surface area contributed by atoms with Crippen molar-refractivity contribution in [1.29, 1.82) is 0 Å². The van der Waals surface area contributed by atoms with Crippen molar-refractivity contribution in [2.75, 3.05) is 19.8 Å². The predicted molar refractivity (Wildman–Crippen MR) is 112 cm³/mol. The van der Waals surface area contributed by atoms with Gasteiger partial charge in [-0.1, -0.05) is 42.5 Å². The number of carbonyl (C=O) groups is 2. The van der Waals surface area contributed by atoms with Crippen molar-refractivity contribution in [2.45, 2.75) is 45.3 Å². The fraction of sp³-hybridized carbons (Fsp3) is 0.417. The van der Waals surface area contributed by atoms with E-state index >= 15 is 0 Å². The quantitative estimate of drug-likeness (QED) is 0.514. The molecule has 2 aromatic rings. The van der Waals surface area contributed by atoms with E-state index in [9.17, 15) is 9.59 Å². The number of ether oxygens (including phenoxy) is 2. The van der Waals surface area contributed by atoms with Gasteiger partial charge in [-0.15, -0.1) is 0 Å². The first-order valence-corrected chi connectivity index (χ1v) is 10.1. The van der Waals surface area contributed by atoms with E-state index in [-0.39, 0.29) is 23.3 Å². The van der Waals surface area contributed by atoms with Crippen LogP contribution in [0.2, 0.25) is 0 Å². The predicted octanol–water partition coefficient (Wildman–Crippen LogP) is 4.43. The van der Waals surface area contributed by atoms with Gasteiger partial charge in [-0.3, -0.25) is 9.59 Å². The molecule has 2 aromatic carbocycles. The average Bonchev–Trinajstić information content (AvgIpc) is 2.71. The Hall–Kier alpha value is -2.66. The van der Waals surface area contributed by atoms with Crippen molar-refractivity contribution in [3.8, 4) is 5.75 Å². The van der Waals surface area contributed by atoms with E-state index < -0.39 is 0 Å². The molecule has 1 amide bonds. The average molecular weight is 395 g/mol. The van der Waals surface area contributed by atoms with Gasteiger partial charge in [0.05, 0.1) is 25.3 Å². The molecule has 5 nitrogen and oxygen atoms in total. The highest BCUT2D eigenvalue weighted by molar-refractivity contribution is 5.94. The summed E-state index contributed by atoms with van der Waals surface area (Å²) in [4.78, 5) is 26.3. The minimum atomic E-state index is -0.334. The van der Waals surface area contributed by atoms with Crippen molar-refractivity contribution in [3.05, 3.63) is 65.7 Å². The molecule has 29 heavy (non-hydrogen) atoms. The van der Waals surface area contributed by atoms with Crippen LogP contribution < -0.4 is 4.74 Å². The molecular formula is C24H29NO4. The van der Waals surface area contributed by atoms with Crippen LogP contribution in [0.25, 0.3) is 0 Å². The maximum absolute atomic E-state index is 12.9. The van der Waals surface area contributed by atoms with Crippen molar-refractivity contribution in [2.24, 2.45) is 0 Å². The topological polar surface area (TPSA) is 55.8 Å². The van der Waals surface area contributed by atoms with E-state index in [2.05, 4.69) is 0 Å². The summed E-state index contributed by atoms with van der Waals surface area (Å²) in [7, 11) is 0. The van der Waals surface area contributed by atoms with Crippen molar-refractivity contribution in [1.82, 2.24) is 4.90 Å². The van der Waals surface area contributed by atoms with Crippen LogP contribution in [0.5, 0.6) is 5.75 Å². The maximum atomic E-state index is 12.9. The summed E-state index contributed by atoms with van der Waals surface area (Å²) in [5.74, 6) is 0.773. The summed E-state index contributed by atoms with van der Waals surface area (Å²) < 4.78 is 11.8. The second kappa shape index (κ2) is 9.23. The van der Waals surface area contributed by atoms with Crippen LogP contribution in [0.15, 0.2) is 54.6 Å².